The molecule has 4 N–H and O–H groups in total. The molecule has 6 heteroatoms. The largest absolute Gasteiger partial charge is 0.358 e. The first-order valence-corrected chi connectivity index (χ1v) is 7.03. The monoisotopic (exact) mass is 292 g/mol. The molecule has 0 aliphatic rings. The Bertz CT molecular complexity index is 476. The molecule has 0 aliphatic heterocycles. The molecule has 6 nitrogen and oxygen atoms in total. The molecule has 0 atom stereocenters. The quantitative estimate of drug-likeness (QED) is 0.652. The van der Waals surface area contributed by atoms with Gasteiger partial charge < -0.3 is 16.4 Å². The summed E-state index contributed by atoms with van der Waals surface area (Å²) in [4.78, 5) is 25.0. The minimum Gasteiger partial charge on any atom is -0.358 e. The molecule has 0 bridgehead atoms. The standard InChI is InChI=1S/C15H24N4O2/c1-17-15(21)11-19(2)9-5-8-14(20)18-13-7-4-3-6-12(13)10-16/h3-4,6-7H,5,8-11,16H2,1-2H3,(H,17,21)(H,18,20). The third kappa shape index (κ3) is 6.37. The van der Waals surface area contributed by atoms with Gasteiger partial charge in [-0.15, -0.1) is 0 Å². The second-order valence-electron chi connectivity index (χ2n) is 4.92. The summed E-state index contributed by atoms with van der Waals surface area (Å²) < 4.78 is 0. The van der Waals surface area contributed by atoms with Gasteiger partial charge >= 0.3 is 0 Å². The lowest BCUT2D eigenvalue weighted by Crippen LogP contribution is -2.33. The molecule has 0 fully saturated rings. The van der Waals surface area contributed by atoms with Crippen molar-refractivity contribution >= 4 is 17.5 Å². The maximum atomic E-state index is 11.9. The Morgan fingerprint density at radius 3 is 2.62 bits per heavy atom. The van der Waals surface area contributed by atoms with Crippen molar-refractivity contribution in [3.8, 4) is 0 Å². The summed E-state index contributed by atoms with van der Waals surface area (Å²) in [5.41, 5.74) is 7.32. The molecular formula is C15H24N4O2. The average molecular weight is 292 g/mol. The molecular weight excluding hydrogens is 268 g/mol. The van der Waals surface area contributed by atoms with E-state index in [0.717, 1.165) is 11.3 Å². The number of hydrogen-bond acceptors (Lipinski definition) is 4. The van der Waals surface area contributed by atoms with E-state index in [0.29, 0.717) is 32.5 Å². The third-order valence-electron chi connectivity index (χ3n) is 3.15. The van der Waals surface area contributed by atoms with E-state index in [1.54, 1.807) is 7.05 Å². The van der Waals surface area contributed by atoms with Crippen LogP contribution in [0.5, 0.6) is 0 Å². The molecule has 21 heavy (non-hydrogen) atoms. The first-order valence-electron chi connectivity index (χ1n) is 7.03. The summed E-state index contributed by atoms with van der Waals surface area (Å²) in [5.74, 6) is -0.0666. The van der Waals surface area contributed by atoms with Crippen LogP contribution in [0.15, 0.2) is 24.3 Å². The molecule has 0 heterocycles. The average Bonchev–Trinajstić information content (AvgIpc) is 2.47. The lowest BCUT2D eigenvalue weighted by molar-refractivity contribution is -0.121. The van der Waals surface area contributed by atoms with E-state index >= 15 is 0 Å². The highest BCUT2D eigenvalue weighted by Gasteiger charge is 2.08. The van der Waals surface area contributed by atoms with Crippen molar-refractivity contribution in [3.05, 3.63) is 29.8 Å². The van der Waals surface area contributed by atoms with Crippen LogP contribution in [0.25, 0.3) is 0 Å². The van der Waals surface area contributed by atoms with E-state index in [1.807, 2.05) is 36.2 Å². The van der Waals surface area contributed by atoms with Crippen LogP contribution in [0.4, 0.5) is 5.69 Å². The van der Waals surface area contributed by atoms with Gasteiger partial charge in [0.15, 0.2) is 0 Å². The minimum absolute atomic E-state index is 0.0289. The number of carbonyl (C=O) groups excluding carboxylic acids is 2. The Kier molecular flexibility index (Phi) is 7.42. The molecule has 116 valence electrons. The molecule has 0 aromatic heterocycles. The number of para-hydroxylation sites is 1. The normalized spacial score (nSPS) is 10.5. The van der Waals surface area contributed by atoms with Crippen molar-refractivity contribution in [2.45, 2.75) is 19.4 Å². The fraction of sp³-hybridized carbons (Fsp3) is 0.467. The van der Waals surface area contributed by atoms with Gasteiger partial charge in [0.05, 0.1) is 6.54 Å². The van der Waals surface area contributed by atoms with Gasteiger partial charge in [-0.2, -0.15) is 0 Å². The number of rotatable bonds is 8. The number of anilines is 1. The fourth-order valence-electron chi connectivity index (χ4n) is 1.95. The molecule has 0 spiro atoms. The molecule has 1 aromatic carbocycles. The number of hydrogen-bond donors (Lipinski definition) is 3. The van der Waals surface area contributed by atoms with E-state index in [4.69, 9.17) is 5.73 Å². The van der Waals surface area contributed by atoms with E-state index in [9.17, 15) is 9.59 Å². The van der Waals surface area contributed by atoms with E-state index in [-0.39, 0.29) is 11.8 Å². The Balaban J connectivity index is 2.33. The van der Waals surface area contributed by atoms with Gasteiger partial charge in [0.2, 0.25) is 11.8 Å². The lowest BCUT2D eigenvalue weighted by atomic mass is 10.1. The van der Waals surface area contributed by atoms with Crippen LogP contribution in [-0.2, 0) is 16.1 Å². The van der Waals surface area contributed by atoms with Gasteiger partial charge in [0.1, 0.15) is 0 Å². The highest BCUT2D eigenvalue weighted by molar-refractivity contribution is 5.91. The van der Waals surface area contributed by atoms with Gasteiger partial charge in [0, 0.05) is 25.7 Å². The Hall–Kier alpha value is -1.92. The van der Waals surface area contributed by atoms with Crippen LogP contribution in [0, 0.1) is 0 Å². The van der Waals surface area contributed by atoms with Gasteiger partial charge in [-0.3, -0.25) is 14.5 Å². The molecule has 0 aliphatic carbocycles. The number of carbonyl (C=O) groups is 2. The summed E-state index contributed by atoms with van der Waals surface area (Å²) in [7, 11) is 3.47. The van der Waals surface area contributed by atoms with Crippen LogP contribution < -0.4 is 16.4 Å². The van der Waals surface area contributed by atoms with E-state index < -0.39 is 0 Å². The highest BCUT2D eigenvalue weighted by Crippen LogP contribution is 2.14. The second-order valence-corrected chi connectivity index (χ2v) is 4.92. The van der Waals surface area contributed by atoms with Crippen molar-refractivity contribution in [1.29, 1.82) is 0 Å². The Morgan fingerprint density at radius 1 is 1.24 bits per heavy atom. The molecule has 0 radical (unpaired) electrons. The van der Waals surface area contributed by atoms with Crippen molar-refractivity contribution in [2.75, 3.05) is 32.5 Å². The molecule has 0 unspecified atom stereocenters. The van der Waals surface area contributed by atoms with Crippen molar-refractivity contribution in [3.63, 3.8) is 0 Å². The van der Waals surface area contributed by atoms with Gasteiger partial charge in [-0.1, -0.05) is 18.2 Å². The number of nitrogens with two attached hydrogens (primary N) is 1. The summed E-state index contributed by atoms with van der Waals surface area (Å²) in [5, 5.41) is 5.44. The van der Waals surface area contributed by atoms with E-state index in [1.165, 1.54) is 0 Å². The van der Waals surface area contributed by atoms with Gasteiger partial charge in [-0.25, -0.2) is 0 Å². The maximum Gasteiger partial charge on any atom is 0.233 e. The van der Waals surface area contributed by atoms with Crippen LogP contribution in [0.3, 0.4) is 0 Å². The summed E-state index contributed by atoms with van der Waals surface area (Å²) in [6.07, 6.45) is 1.11. The molecule has 1 rings (SSSR count). The Morgan fingerprint density at radius 2 is 1.95 bits per heavy atom. The lowest BCUT2D eigenvalue weighted by Gasteiger charge is -2.15. The third-order valence-corrected chi connectivity index (χ3v) is 3.15. The number of amides is 2. The molecule has 2 amide bonds. The number of nitrogens with zero attached hydrogens (tertiary/aromatic N) is 1. The predicted molar refractivity (Wildman–Crippen MR) is 83.8 cm³/mol. The van der Waals surface area contributed by atoms with Crippen LogP contribution >= 0.6 is 0 Å². The maximum absolute atomic E-state index is 11.9. The van der Waals surface area contributed by atoms with Crippen LogP contribution in [0.1, 0.15) is 18.4 Å². The van der Waals surface area contributed by atoms with Crippen molar-refractivity contribution < 1.29 is 9.59 Å². The first-order chi connectivity index (χ1) is 10.1. The zero-order chi connectivity index (χ0) is 15.7. The fourth-order valence-corrected chi connectivity index (χ4v) is 1.95. The number of likely N-dealkylation sites (N-methyl/N-ethyl adjacent to an activating group) is 2. The number of nitrogens with one attached hydrogen (secondary N) is 2. The topological polar surface area (TPSA) is 87.5 Å². The molecule has 0 saturated carbocycles. The predicted octanol–water partition coefficient (Wildman–Crippen LogP) is 0.542. The van der Waals surface area contributed by atoms with Crippen molar-refractivity contribution in [2.24, 2.45) is 5.73 Å². The van der Waals surface area contributed by atoms with Crippen molar-refractivity contribution in [1.82, 2.24) is 10.2 Å². The Labute approximate surface area is 125 Å². The summed E-state index contributed by atoms with van der Waals surface area (Å²) in [6.45, 7) is 1.43. The molecule has 1 aromatic rings. The highest BCUT2D eigenvalue weighted by atomic mass is 16.2. The SMILES string of the molecule is CNC(=O)CN(C)CCCC(=O)Nc1ccccc1CN. The summed E-state index contributed by atoms with van der Waals surface area (Å²) >= 11 is 0. The smallest absolute Gasteiger partial charge is 0.233 e. The van der Waals surface area contributed by atoms with Crippen LogP contribution in [-0.4, -0.2) is 43.9 Å². The summed E-state index contributed by atoms with van der Waals surface area (Å²) in [6, 6.07) is 7.50. The zero-order valence-corrected chi connectivity index (χ0v) is 12.7. The van der Waals surface area contributed by atoms with Gasteiger partial charge in [-0.05, 0) is 31.6 Å². The van der Waals surface area contributed by atoms with E-state index in [2.05, 4.69) is 10.6 Å². The van der Waals surface area contributed by atoms with Crippen LogP contribution in [0.2, 0.25) is 0 Å². The second kappa shape index (κ2) is 9.10. The number of benzene rings is 1. The zero-order valence-electron chi connectivity index (χ0n) is 12.7. The molecule has 0 saturated heterocycles. The first kappa shape index (κ1) is 17.1. The van der Waals surface area contributed by atoms with Gasteiger partial charge in [0.25, 0.3) is 0 Å². The minimum atomic E-state index is -0.0377.